The molecule has 1 unspecified atom stereocenters. The summed E-state index contributed by atoms with van der Waals surface area (Å²) < 4.78 is 1.89. The molecule has 1 nitrogen and oxygen atoms in total. The van der Waals surface area contributed by atoms with Gasteiger partial charge in [-0.25, -0.2) is 0 Å². The highest BCUT2D eigenvalue weighted by Crippen LogP contribution is 2.37. The van der Waals surface area contributed by atoms with Gasteiger partial charge in [0.15, 0.2) is 0 Å². The van der Waals surface area contributed by atoms with Crippen molar-refractivity contribution in [3.8, 4) is 0 Å². The van der Waals surface area contributed by atoms with E-state index in [1.54, 1.807) is 11.3 Å². The first-order valence-corrected chi connectivity index (χ1v) is 8.81. The van der Waals surface area contributed by atoms with Crippen LogP contribution in [0.25, 0.3) is 0 Å². The van der Waals surface area contributed by atoms with Gasteiger partial charge in [0.2, 0.25) is 0 Å². The van der Waals surface area contributed by atoms with E-state index < -0.39 is 0 Å². The van der Waals surface area contributed by atoms with E-state index in [-0.39, 0.29) is 0 Å². The minimum absolute atomic E-state index is 0.459. The Bertz CT molecular complexity index is 354. The number of nitrogens with one attached hydrogen (secondary N) is 1. The van der Waals surface area contributed by atoms with Crippen molar-refractivity contribution in [3.05, 3.63) is 19.8 Å². The zero-order chi connectivity index (χ0) is 13.0. The van der Waals surface area contributed by atoms with Crippen LogP contribution >= 0.6 is 38.9 Å². The van der Waals surface area contributed by atoms with Gasteiger partial charge in [-0.2, -0.15) is 0 Å². The van der Waals surface area contributed by atoms with E-state index in [2.05, 4.69) is 27.3 Å². The molecule has 18 heavy (non-hydrogen) atoms. The van der Waals surface area contributed by atoms with E-state index in [1.165, 1.54) is 49.8 Å². The quantitative estimate of drug-likeness (QED) is 0.709. The Morgan fingerprint density at radius 1 is 1.44 bits per heavy atom. The second-order valence-electron chi connectivity index (χ2n) is 5.19. The molecule has 102 valence electrons. The van der Waals surface area contributed by atoms with Gasteiger partial charge in [0, 0.05) is 15.4 Å². The molecule has 0 bridgehead atoms. The van der Waals surface area contributed by atoms with Crippen LogP contribution in [0, 0.1) is 5.92 Å². The van der Waals surface area contributed by atoms with Gasteiger partial charge in [-0.1, -0.05) is 43.7 Å². The van der Waals surface area contributed by atoms with Crippen molar-refractivity contribution in [2.75, 3.05) is 7.05 Å². The van der Waals surface area contributed by atoms with Crippen LogP contribution in [0.4, 0.5) is 0 Å². The average Bonchev–Trinajstić information content (AvgIpc) is 2.71. The first-order chi connectivity index (χ1) is 8.70. The second-order valence-corrected chi connectivity index (χ2v) is 7.73. The lowest BCUT2D eigenvalue weighted by atomic mass is 9.85. The molecule has 1 aliphatic carbocycles. The molecule has 1 heterocycles. The van der Waals surface area contributed by atoms with Gasteiger partial charge in [0.1, 0.15) is 4.34 Å². The highest BCUT2D eigenvalue weighted by Gasteiger charge is 2.18. The van der Waals surface area contributed by atoms with Crippen molar-refractivity contribution in [1.82, 2.24) is 5.32 Å². The van der Waals surface area contributed by atoms with E-state index in [0.717, 1.165) is 14.7 Å². The number of hydrogen-bond donors (Lipinski definition) is 1. The number of thiophene rings is 1. The molecule has 0 spiro atoms. The Kier molecular flexibility index (Phi) is 5.99. The Morgan fingerprint density at radius 2 is 2.17 bits per heavy atom. The number of hydrogen-bond acceptors (Lipinski definition) is 2. The molecular weight excluding hydrogens is 330 g/mol. The SMILES string of the molecule is CNC(CCC1CCCCC1)c1cc(Br)c(Cl)s1. The topological polar surface area (TPSA) is 12.0 Å². The van der Waals surface area contributed by atoms with Crippen molar-refractivity contribution in [1.29, 1.82) is 0 Å². The van der Waals surface area contributed by atoms with Crippen LogP contribution in [0.15, 0.2) is 10.5 Å². The maximum absolute atomic E-state index is 6.12. The highest BCUT2D eigenvalue weighted by molar-refractivity contribution is 9.10. The molecule has 1 fully saturated rings. The summed E-state index contributed by atoms with van der Waals surface area (Å²) >= 11 is 11.3. The summed E-state index contributed by atoms with van der Waals surface area (Å²) in [5, 5.41) is 3.43. The van der Waals surface area contributed by atoms with Crippen LogP contribution in [-0.4, -0.2) is 7.05 Å². The predicted octanol–water partition coefficient (Wildman–Crippen LogP) is 5.79. The Labute approximate surface area is 127 Å². The van der Waals surface area contributed by atoms with Crippen molar-refractivity contribution in [2.24, 2.45) is 5.92 Å². The van der Waals surface area contributed by atoms with Gasteiger partial charge in [0.05, 0.1) is 0 Å². The fourth-order valence-corrected chi connectivity index (χ4v) is 4.72. The van der Waals surface area contributed by atoms with Crippen molar-refractivity contribution >= 4 is 38.9 Å². The van der Waals surface area contributed by atoms with Gasteiger partial charge in [-0.05, 0) is 47.8 Å². The summed E-state index contributed by atoms with van der Waals surface area (Å²) in [4.78, 5) is 1.35. The fraction of sp³-hybridized carbons (Fsp3) is 0.714. The molecule has 0 saturated heterocycles. The molecular formula is C14H21BrClNS. The van der Waals surface area contributed by atoms with Gasteiger partial charge in [0.25, 0.3) is 0 Å². The van der Waals surface area contributed by atoms with E-state index >= 15 is 0 Å². The maximum Gasteiger partial charge on any atom is 0.107 e. The van der Waals surface area contributed by atoms with Crippen LogP contribution < -0.4 is 5.32 Å². The lowest BCUT2D eigenvalue weighted by Gasteiger charge is -2.23. The largest absolute Gasteiger partial charge is 0.312 e. The minimum atomic E-state index is 0.459. The Morgan fingerprint density at radius 3 is 2.72 bits per heavy atom. The molecule has 1 N–H and O–H groups in total. The first-order valence-electron chi connectivity index (χ1n) is 6.82. The number of halogens is 2. The molecule has 0 aliphatic heterocycles. The van der Waals surface area contributed by atoms with E-state index in [4.69, 9.17) is 11.6 Å². The number of rotatable bonds is 5. The van der Waals surface area contributed by atoms with Crippen LogP contribution in [0.2, 0.25) is 4.34 Å². The lowest BCUT2D eigenvalue weighted by Crippen LogP contribution is -2.17. The maximum atomic E-state index is 6.12. The van der Waals surface area contributed by atoms with E-state index in [1.807, 2.05) is 7.05 Å². The van der Waals surface area contributed by atoms with Crippen molar-refractivity contribution < 1.29 is 0 Å². The fourth-order valence-electron chi connectivity index (χ4n) is 2.84. The van der Waals surface area contributed by atoms with E-state index in [9.17, 15) is 0 Å². The summed E-state index contributed by atoms with van der Waals surface area (Å²) in [5.74, 6) is 0.952. The molecule has 1 saturated carbocycles. The summed E-state index contributed by atoms with van der Waals surface area (Å²) in [6.45, 7) is 0. The molecule has 4 heteroatoms. The van der Waals surface area contributed by atoms with Crippen LogP contribution in [0.1, 0.15) is 55.9 Å². The minimum Gasteiger partial charge on any atom is -0.312 e. The molecule has 1 aromatic rings. The molecule has 0 amide bonds. The Hall–Kier alpha value is 0.430. The van der Waals surface area contributed by atoms with Gasteiger partial charge in [-0.15, -0.1) is 11.3 Å². The molecule has 1 aliphatic rings. The highest BCUT2D eigenvalue weighted by atomic mass is 79.9. The Balaban J connectivity index is 1.88. The first kappa shape index (κ1) is 14.8. The second kappa shape index (κ2) is 7.28. The monoisotopic (exact) mass is 349 g/mol. The normalized spacial score (nSPS) is 19.1. The van der Waals surface area contributed by atoms with Gasteiger partial charge >= 0.3 is 0 Å². The van der Waals surface area contributed by atoms with Crippen LogP contribution in [0.3, 0.4) is 0 Å². The standard InChI is InChI=1S/C14H21BrClNS/c1-17-12(13-9-11(15)14(16)18-13)8-7-10-5-3-2-4-6-10/h9-10,12,17H,2-8H2,1H3. The summed E-state index contributed by atoms with van der Waals surface area (Å²) in [6.07, 6.45) is 9.76. The third-order valence-electron chi connectivity index (χ3n) is 3.94. The van der Waals surface area contributed by atoms with Gasteiger partial charge in [-0.3, -0.25) is 0 Å². The summed E-state index contributed by atoms with van der Waals surface area (Å²) in [5.41, 5.74) is 0. The summed E-state index contributed by atoms with van der Waals surface area (Å²) in [7, 11) is 2.05. The zero-order valence-electron chi connectivity index (χ0n) is 10.8. The predicted molar refractivity (Wildman–Crippen MR) is 84.6 cm³/mol. The zero-order valence-corrected chi connectivity index (χ0v) is 14.0. The molecule has 1 atom stereocenters. The summed E-state index contributed by atoms with van der Waals surface area (Å²) in [6, 6.07) is 2.62. The lowest BCUT2D eigenvalue weighted by molar-refractivity contribution is 0.318. The van der Waals surface area contributed by atoms with Crippen molar-refractivity contribution in [2.45, 2.75) is 51.0 Å². The van der Waals surface area contributed by atoms with Crippen LogP contribution in [0.5, 0.6) is 0 Å². The van der Waals surface area contributed by atoms with Crippen LogP contribution in [-0.2, 0) is 0 Å². The average molecular weight is 351 g/mol. The molecule has 0 radical (unpaired) electrons. The molecule has 0 aromatic carbocycles. The van der Waals surface area contributed by atoms with Gasteiger partial charge < -0.3 is 5.32 Å². The smallest absolute Gasteiger partial charge is 0.107 e. The molecule has 2 rings (SSSR count). The van der Waals surface area contributed by atoms with E-state index in [0.29, 0.717) is 6.04 Å². The molecule has 1 aromatic heterocycles. The van der Waals surface area contributed by atoms with Crippen molar-refractivity contribution in [3.63, 3.8) is 0 Å². The third-order valence-corrected chi connectivity index (χ3v) is 6.53. The third kappa shape index (κ3) is 3.96.